The van der Waals surface area contributed by atoms with Crippen molar-refractivity contribution in [1.29, 1.82) is 0 Å². The zero-order chi connectivity index (χ0) is 24.9. The number of benzene rings is 1. The van der Waals surface area contributed by atoms with Crippen molar-refractivity contribution < 1.29 is 14.4 Å². The summed E-state index contributed by atoms with van der Waals surface area (Å²) in [7, 11) is 1.80. The van der Waals surface area contributed by atoms with Crippen molar-refractivity contribution in [3.05, 3.63) is 47.8 Å². The van der Waals surface area contributed by atoms with Crippen LogP contribution in [0.15, 0.2) is 41.7 Å². The van der Waals surface area contributed by atoms with Gasteiger partial charge in [0.15, 0.2) is 5.78 Å². The van der Waals surface area contributed by atoms with E-state index in [2.05, 4.69) is 29.3 Å². The van der Waals surface area contributed by atoms with Gasteiger partial charge in [-0.2, -0.15) is 5.10 Å². The van der Waals surface area contributed by atoms with Gasteiger partial charge in [0.1, 0.15) is 18.2 Å². The molecule has 8 nitrogen and oxygen atoms in total. The molecule has 0 bridgehead atoms. The number of Topliss-reactive ketones (excluding diaryl/α,β-unsaturated/α-hetero) is 1. The maximum absolute atomic E-state index is 13.2. The maximum Gasteiger partial charge on any atom is 0.222 e. The van der Waals surface area contributed by atoms with Crippen molar-refractivity contribution in [3.63, 3.8) is 0 Å². The molecule has 35 heavy (non-hydrogen) atoms. The fourth-order valence-corrected chi connectivity index (χ4v) is 5.23. The molecule has 8 heteroatoms. The number of aryl methyl sites for hydroxylation is 1. The van der Waals surface area contributed by atoms with Gasteiger partial charge >= 0.3 is 0 Å². The standard InChI is InChI=1S/C27H35N5O3/c1-18(2)12-19(13-25-29-23-7-5-4-6-22(23)24(17-33)30-25)14-26(34)32-10-8-20(9-11-32)27(35)21-15-28-31(3)16-21/h4-7,15-20,24H,8-14H2,1-3H3,(H,29,30)/t19-,24?/m0/s1. The number of aldehydes is 1. The normalized spacial score (nSPS) is 19.0. The van der Waals surface area contributed by atoms with Gasteiger partial charge in [-0.05, 0) is 37.2 Å². The molecule has 4 rings (SSSR count). The van der Waals surface area contributed by atoms with Gasteiger partial charge in [-0.15, -0.1) is 0 Å². The van der Waals surface area contributed by atoms with Crippen LogP contribution in [0.4, 0.5) is 5.69 Å². The minimum absolute atomic E-state index is 0.0594. The molecule has 1 amide bonds. The first-order valence-corrected chi connectivity index (χ1v) is 12.5. The molecule has 2 aliphatic heterocycles. The first-order valence-electron chi connectivity index (χ1n) is 12.5. The number of hydrogen-bond donors (Lipinski definition) is 1. The number of anilines is 1. The molecule has 186 valence electrons. The summed E-state index contributed by atoms with van der Waals surface area (Å²) >= 11 is 0. The Labute approximate surface area is 206 Å². The van der Waals surface area contributed by atoms with Crippen LogP contribution in [0.5, 0.6) is 0 Å². The summed E-state index contributed by atoms with van der Waals surface area (Å²) in [6.45, 7) is 5.52. The summed E-state index contributed by atoms with van der Waals surface area (Å²) in [4.78, 5) is 44.2. The second-order valence-electron chi connectivity index (χ2n) is 10.2. The third-order valence-corrected chi connectivity index (χ3v) is 6.94. The SMILES string of the molecule is CC(C)C[C@H](CC(=O)N1CCC(C(=O)c2cnn(C)c2)CC1)CC1=NC(C=O)c2ccccc2N1. The van der Waals surface area contributed by atoms with Crippen molar-refractivity contribution in [3.8, 4) is 0 Å². The van der Waals surface area contributed by atoms with Crippen molar-refractivity contribution in [1.82, 2.24) is 14.7 Å². The third-order valence-electron chi connectivity index (χ3n) is 6.94. The molecule has 1 unspecified atom stereocenters. The van der Waals surface area contributed by atoms with E-state index in [1.165, 1.54) is 0 Å². The van der Waals surface area contributed by atoms with Crippen molar-refractivity contribution in [2.24, 2.45) is 29.8 Å². The van der Waals surface area contributed by atoms with Gasteiger partial charge in [-0.25, -0.2) is 0 Å². The number of hydrogen-bond acceptors (Lipinski definition) is 6. The minimum atomic E-state index is -0.505. The average Bonchev–Trinajstić information content (AvgIpc) is 3.28. The molecule has 0 saturated carbocycles. The van der Waals surface area contributed by atoms with Gasteiger partial charge in [0.2, 0.25) is 5.91 Å². The molecule has 2 atom stereocenters. The lowest BCUT2D eigenvalue weighted by Gasteiger charge is -2.33. The van der Waals surface area contributed by atoms with E-state index in [9.17, 15) is 14.4 Å². The Hall–Kier alpha value is -3.29. The van der Waals surface area contributed by atoms with Crippen LogP contribution in [-0.2, 0) is 16.6 Å². The second kappa shape index (κ2) is 11.0. The lowest BCUT2D eigenvalue weighted by atomic mass is 9.87. The zero-order valence-corrected chi connectivity index (χ0v) is 20.8. The predicted octanol–water partition coefficient (Wildman–Crippen LogP) is 4.05. The number of aromatic nitrogens is 2. The first-order chi connectivity index (χ1) is 16.8. The lowest BCUT2D eigenvalue weighted by molar-refractivity contribution is -0.133. The smallest absolute Gasteiger partial charge is 0.222 e. The number of para-hydroxylation sites is 1. The molecule has 3 heterocycles. The van der Waals surface area contributed by atoms with Gasteiger partial charge in [0.25, 0.3) is 0 Å². The third kappa shape index (κ3) is 6.05. The zero-order valence-electron chi connectivity index (χ0n) is 20.8. The van der Waals surface area contributed by atoms with E-state index >= 15 is 0 Å². The fraction of sp³-hybridized carbons (Fsp3) is 0.519. The highest BCUT2D eigenvalue weighted by molar-refractivity contribution is 6.00. The molecule has 1 aromatic carbocycles. The summed E-state index contributed by atoms with van der Waals surface area (Å²) in [5.41, 5.74) is 2.43. The van der Waals surface area contributed by atoms with Crippen LogP contribution in [0, 0.1) is 17.8 Å². The van der Waals surface area contributed by atoms with Crippen LogP contribution in [-0.4, -0.2) is 51.6 Å². The maximum atomic E-state index is 13.2. The highest BCUT2D eigenvalue weighted by atomic mass is 16.2. The average molecular weight is 478 g/mol. The molecular weight excluding hydrogens is 442 g/mol. The molecule has 0 spiro atoms. The quantitative estimate of drug-likeness (QED) is 0.434. The Morgan fingerprint density at radius 3 is 2.60 bits per heavy atom. The largest absolute Gasteiger partial charge is 0.344 e. The Morgan fingerprint density at radius 2 is 1.94 bits per heavy atom. The summed E-state index contributed by atoms with van der Waals surface area (Å²) in [5.74, 6) is 1.52. The molecule has 1 aromatic heterocycles. The van der Waals surface area contributed by atoms with Crippen LogP contribution >= 0.6 is 0 Å². The van der Waals surface area contributed by atoms with E-state index in [-0.39, 0.29) is 23.5 Å². The molecule has 0 aliphatic carbocycles. The number of nitrogens with one attached hydrogen (secondary N) is 1. The van der Waals surface area contributed by atoms with Crippen LogP contribution < -0.4 is 5.32 Å². The van der Waals surface area contributed by atoms with Gasteiger partial charge < -0.3 is 15.0 Å². The highest BCUT2D eigenvalue weighted by Crippen LogP contribution is 2.31. The number of rotatable bonds is 9. The van der Waals surface area contributed by atoms with Gasteiger partial charge in [0, 0.05) is 56.3 Å². The van der Waals surface area contributed by atoms with E-state index in [1.54, 1.807) is 24.1 Å². The number of piperidine rings is 1. The first kappa shape index (κ1) is 24.8. The van der Waals surface area contributed by atoms with E-state index in [1.807, 2.05) is 29.2 Å². The Bertz CT molecular complexity index is 1100. The summed E-state index contributed by atoms with van der Waals surface area (Å²) in [6, 6.07) is 7.22. The Balaban J connectivity index is 1.36. The number of amidine groups is 1. The Morgan fingerprint density at radius 1 is 1.20 bits per heavy atom. The van der Waals surface area contributed by atoms with Gasteiger partial charge in [-0.1, -0.05) is 32.0 Å². The molecule has 2 aliphatic rings. The number of likely N-dealkylation sites (tertiary alicyclic amines) is 1. The summed E-state index contributed by atoms with van der Waals surface area (Å²) in [6.07, 6.45) is 7.57. The second-order valence-corrected chi connectivity index (χ2v) is 10.2. The summed E-state index contributed by atoms with van der Waals surface area (Å²) in [5, 5.41) is 7.47. The van der Waals surface area contributed by atoms with Gasteiger partial charge in [0.05, 0.1) is 11.8 Å². The number of carbonyl (C=O) groups is 3. The predicted molar refractivity (Wildman–Crippen MR) is 135 cm³/mol. The monoisotopic (exact) mass is 477 g/mol. The van der Waals surface area contributed by atoms with Crippen LogP contribution in [0.1, 0.15) is 67.9 Å². The number of fused-ring (bicyclic) bond motifs is 1. The topological polar surface area (TPSA) is 96.7 Å². The van der Waals surface area contributed by atoms with E-state index in [0.717, 1.165) is 29.8 Å². The number of ketones is 1. The minimum Gasteiger partial charge on any atom is -0.344 e. The van der Waals surface area contributed by atoms with E-state index < -0.39 is 6.04 Å². The number of aliphatic imine (C=N–C) groups is 1. The van der Waals surface area contributed by atoms with Crippen molar-refractivity contribution in [2.75, 3.05) is 18.4 Å². The molecule has 1 fully saturated rings. The highest BCUT2D eigenvalue weighted by Gasteiger charge is 2.30. The number of amides is 1. The lowest BCUT2D eigenvalue weighted by Crippen LogP contribution is -2.41. The molecular formula is C27H35N5O3. The van der Waals surface area contributed by atoms with Crippen molar-refractivity contribution >= 4 is 29.5 Å². The molecule has 1 saturated heterocycles. The van der Waals surface area contributed by atoms with Crippen LogP contribution in [0.2, 0.25) is 0 Å². The van der Waals surface area contributed by atoms with Crippen molar-refractivity contribution in [2.45, 2.75) is 52.0 Å². The number of nitrogens with zero attached hydrogens (tertiary/aromatic N) is 4. The van der Waals surface area contributed by atoms with Gasteiger partial charge in [-0.3, -0.25) is 19.3 Å². The van der Waals surface area contributed by atoms with Crippen LogP contribution in [0.3, 0.4) is 0 Å². The fourth-order valence-electron chi connectivity index (χ4n) is 5.23. The molecule has 1 N–H and O–H groups in total. The summed E-state index contributed by atoms with van der Waals surface area (Å²) < 4.78 is 1.64. The molecule has 2 aromatic rings. The van der Waals surface area contributed by atoms with E-state index in [4.69, 9.17) is 0 Å². The Kier molecular flexibility index (Phi) is 7.78. The number of carbonyl (C=O) groups excluding carboxylic acids is 3. The van der Waals surface area contributed by atoms with E-state index in [0.29, 0.717) is 50.3 Å². The molecule has 0 radical (unpaired) electrons. The van der Waals surface area contributed by atoms with Crippen LogP contribution in [0.25, 0.3) is 0 Å².